The molecule has 11 atom stereocenters. The van der Waals surface area contributed by atoms with Crippen molar-refractivity contribution in [1.29, 1.82) is 0 Å². The lowest BCUT2D eigenvalue weighted by molar-refractivity contribution is -0.289. The summed E-state index contributed by atoms with van der Waals surface area (Å²) >= 11 is 0. The molecule has 5 heterocycles. The molecule has 2 bridgehead atoms. The Labute approximate surface area is 444 Å². The number of aldehydes is 1. The molecular weight excluding hydrogens is 995 g/mol. The van der Waals surface area contributed by atoms with Crippen LogP contribution in [-0.4, -0.2) is 151 Å². The number of amides is 1. The maximum Gasteiger partial charge on any atom is 0.242 e. The van der Waals surface area contributed by atoms with E-state index >= 15 is 9.59 Å². The van der Waals surface area contributed by atoms with E-state index in [1.54, 1.807) is 12.1 Å². The smallest absolute Gasteiger partial charge is 0.242 e. The zero-order valence-corrected chi connectivity index (χ0v) is 42.2. The summed E-state index contributed by atoms with van der Waals surface area (Å²) in [7, 11) is 0. The number of carbonyl (C=O) groups is 4. The number of nitrogens with one attached hydrogen (secondary N) is 5. The summed E-state index contributed by atoms with van der Waals surface area (Å²) in [5.41, 5.74) is 9.95. The molecular formula is C56H65N7O14. The largest absolute Gasteiger partial charge is 0.486 e. The van der Waals surface area contributed by atoms with Gasteiger partial charge in [-0.3, -0.25) is 30.8 Å². The van der Waals surface area contributed by atoms with Gasteiger partial charge in [-0.25, -0.2) is 0 Å². The summed E-state index contributed by atoms with van der Waals surface area (Å²) in [6, 6.07) is 22.7. The fourth-order valence-corrected chi connectivity index (χ4v) is 11.1. The van der Waals surface area contributed by atoms with Crippen LogP contribution in [0.1, 0.15) is 85.7 Å². The molecule has 0 unspecified atom stereocenters. The number of para-hydroxylation sites is 1. The SMILES string of the molecule is N[C@@H]1NC(=O)[C@H]2NCN(c3ccccc3[C@H]3c4cc5c(c(OC[C@H](O)CC=O)c4O[C@H]4O[C@@H](COC[C@@H]3CCCO)[C@H](O)[C@@H](O)[C@@H]4OCCC3=CCNC(NCc4ccccc4)=C3)C(=O)c3cc(CO)ccc3C5=O)[C@@H]2N1. The number of dihydropyridines is 1. The van der Waals surface area contributed by atoms with Gasteiger partial charge in [-0.05, 0) is 77.8 Å². The zero-order chi connectivity index (χ0) is 53.7. The number of ketones is 2. The number of fused-ring (bicyclic) bond motifs is 6. The topological polar surface area (TPSA) is 305 Å². The monoisotopic (exact) mass is 1060 g/mol. The molecule has 12 N–H and O–H groups in total. The minimum absolute atomic E-state index is 0.0172. The van der Waals surface area contributed by atoms with Crippen molar-refractivity contribution in [2.75, 3.05) is 51.1 Å². The van der Waals surface area contributed by atoms with Gasteiger partial charge in [-0.1, -0.05) is 60.7 Å². The molecule has 1 aliphatic carbocycles. The normalized spacial score (nSPS) is 27.2. The van der Waals surface area contributed by atoms with E-state index in [4.69, 9.17) is 29.4 Å². The summed E-state index contributed by atoms with van der Waals surface area (Å²) in [5.74, 6) is -2.61. The first-order chi connectivity index (χ1) is 37.5. The quantitative estimate of drug-likeness (QED) is 0.0536. The van der Waals surface area contributed by atoms with Crippen LogP contribution >= 0.6 is 0 Å². The third kappa shape index (κ3) is 11.3. The number of hydrogen-bond acceptors (Lipinski definition) is 20. The second-order valence-corrected chi connectivity index (χ2v) is 20.0. The van der Waals surface area contributed by atoms with Gasteiger partial charge in [0.25, 0.3) is 0 Å². The number of rotatable bonds is 18. The van der Waals surface area contributed by atoms with Crippen LogP contribution in [0.3, 0.4) is 0 Å². The summed E-state index contributed by atoms with van der Waals surface area (Å²) in [6.07, 6.45) is -5.10. The van der Waals surface area contributed by atoms with Gasteiger partial charge in [0.1, 0.15) is 55.8 Å². The van der Waals surface area contributed by atoms with Gasteiger partial charge < -0.3 is 74.9 Å². The van der Waals surface area contributed by atoms with Crippen molar-refractivity contribution >= 4 is 29.4 Å². The molecule has 4 aromatic carbocycles. The predicted molar refractivity (Wildman–Crippen MR) is 277 cm³/mol. The lowest BCUT2D eigenvalue weighted by Crippen LogP contribution is -2.70. The van der Waals surface area contributed by atoms with E-state index in [2.05, 4.69) is 26.6 Å². The molecule has 3 fully saturated rings. The molecule has 21 nitrogen and oxygen atoms in total. The van der Waals surface area contributed by atoms with E-state index in [1.807, 2.05) is 71.6 Å². The highest BCUT2D eigenvalue weighted by Crippen LogP contribution is 2.52. The van der Waals surface area contributed by atoms with Crippen molar-refractivity contribution in [3.8, 4) is 11.5 Å². The third-order valence-corrected chi connectivity index (χ3v) is 15.0. The minimum atomic E-state index is -1.63. The molecule has 6 aliphatic rings. The molecule has 408 valence electrons. The number of aliphatic hydroxyl groups excluding tert-OH is 5. The Morgan fingerprint density at radius 2 is 1.74 bits per heavy atom. The number of aliphatic hydroxyl groups is 5. The van der Waals surface area contributed by atoms with Crippen LogP contribution in [0.4, 0.5) is 5.69 Å². The van der Waals surface area contributed by atoms with Crippen LogP contribution in [0.2, 0.25) is 0 Å². The highest BCUT2D eigenvalue weighted by atomic mass is 16.7. The molecule has 0 aromatic heterocycles. The first-order valence-corrected chi connectivity index (χ1v) is 26.1. The molecule has 10 rings (SSSR count). The number of carbonyl (C=O) groups excluding carboxylic acids is 4. The van der Waals surface area contributed by atoms with Crippen molar-refractivity contribution in [3.05, 3.63) is 147 Å². The van der Waals surface area contributed by atoms with Crippen LogP contribution < -0.4 is 46.7 Å². The van der Waals surface area contributed by atoms with E-state index in [-0.39, 0.29) is 91.2 Å². The Morgan fingerprint density at radius 1 is 0.922 bits per heavy atom. The van der Waals surface area contributed by atoms with Crippen molar-refractivity contribution < 1.29 is 68.4 Å². The zero-order valence-electron chi connectivity index (χ0n) is 42.2. The summed E-state index contributed by atoms with van der Waals surface area (Å²) in [6.45, 7) is -0.110. The van der Waals surface area contributed by atoms with Gasteiger partial charge in [0.05, 0.1) is 50.6 Å². The van der Waals surface area contributed by atoms with Gasteiger partial charge in [-0.15, -0.1) is 0 Å². The summed E-state index contributed by atoms with van der Waals surface area (Å²) < 4.78 is 33.2. The van der Waals surface area contributed by atoms with Gasteiger partial charge in [0.15, 0.2) is 23.1 Å². The summed E-state index contributed by atoms with van der Waals surface area (Å²) in [5, 5.41) is 71.6. The standard InChI is InChI=1S/C56H65N7O14/c57-56-61-53-45(54(72)62-56)60-29-63(53)40-11-5-4-10-36(40)43-33(9-6-18-64)26-73-28-41-48(70)49(71)52(74-20-16-30-14-17-58-42(22-30)59-24-31-7-2-1-3-8-31)55(76-41)77-50-39(43)23-38-44(51(50)75-27-34(67)15-19-65)47(69)37-21-32(25-66)12-13-35(37)46(38)68/h1-5,7-8,10-14,19,21-23,33-34,41,43,45,48-49,52-53,55-56,58-61,64,66-67,70-71H,6,9,15-18,20,24-29,57H2,(H,62,72)/t33-,34+,41-,43-,45-,48-,49+,52-,53-,55+,56-/m0/s1. The van der Waals surface area contributed by atoms with Crippen molar-refractivity contribution in [1.82, 2.24) is 26.6 Å². The molecule has 1 amide bonds. The average Bonchev–Trinajstić information content (AvgIpc) is 3.89. The Hall–Kier alpha value is -6.60. The lowest BCUT2D eigenvalue weighted by Gasteiger charge is -2.42. The minimum Gasteiger partial charge on any atom is -0.486 e. The molecule has 5 aliphatic heterocycles. The highest BCUT2D eigenvalue weighted by Gasteiger charge is 2.50. The third-order valence-electron chi connectivity index (χ3n) is 15.0. The first kappa shape index (κ1) is 53.8. The second kappa shape index (κ2) is 24.0. The van der Waals surface area contributed by atoms with E-state index < -0.39 is 91.9 Å². The number of nitrogens with zero attached hydrogens (tertiary/aromatic N) is 1. The molecule has 21 heteroatoms. The van der Waals surface area contributed by atoms with Gasteiger partial charge >= 0.3 is 0 Å². The maximum atomic E-state index is 15.2. The first-order valence-electron chi connectivity index (χ1n) is 26.1. The highest BCUT2D eigenvalue weighted by molar-refractivity contribution is 6.29. The second-order valence-electron chi connectivity index (χ2n) is 20.0. The number of benzene rings is 4. The van der Waals surface area contributed by atoms with Gasteiger partial charge in [0, 0.05) is 60.0 Å². The fraction of sp³-hybridized carbons (Fsp3) is 0.429. The molecule has 0 spiro atoms. The Kier molecular flexibility index (Phi) is 16.7. The van der Waals surface area contributed by atoms with Crippen molar-refractivity contribution in [2.45, 2.75) is 100 Å². The van der Waals surface area contributed by atoms with Crippen LogP contribution in [0.25, 0.3) is 0 Å². The van der Waals surface area contributed by atoms with Crippen molar-refractivity contribution in [3.63, 3.8) is 0 Å². The number of hydrogen-bond donors (Lipinski definition) is 11. The molecule has 77 heavy (non-hydrogen) atoms. The fourth-order valence-electron chi connectivity index (χ4n) is 11.1. The maximum absolute atomic E-state index is 15.2. The molecule has 3 saturated heterocycles. The van der Waals surface area contributed by atoms with Crippen LogP contribution in [0.15, 0.2) is 102 Å². The number of ether oxygens (including phenoxy) is 5. The van der Waals surface area contributed by atoms with E-state index in [0.29, 0.717) is 49.0 Å². The van der Waals surface area contributed by atoms with Crippen LogP contribution in [0, 0.1) is 5.92 Å². The number of allylic oxidation sites excluding steroid dienone is 1. The van der Waals surface area contributed by atoms with E-state index in [1.165, 1.54) is 12.1 Å². The lowest BCUT2D eigenvalue weighted by atomic mass is 9.74. The van der Waals surface area contributed by atoms with E-state index in [9.17, 15) is 35.1 Å². The van der Waals surface area contributed by atoms with Crippen LogP contribution in [-0.2, 0) is 37.0 Å². The van der Waals surface area contributed by atoms with Gasteiger partial charge in [-0.2, -0.15) is 0 Å². The molecule has 0 saturated carbocycles. The van der Waals surface area contributed by atoms with Crippen LogP contribution in [0.5, 0.6) is 11.5 Å². The van der Waals surface area contributed by atoms with Crippen molar-refractivity contribution in [2.24, 2.45) is 11.7 Å². The molecule has 4 aromatic rings. The Bertz CT molecular complexity index is 2890. The Morgan fingerprint density at radius 3 is 2.55 bits per heavy atom. The number of nitrogens with two attached hydrogens (primary N) is 1. The number of anilines is 1. The van der Waals surface area contributed by atoms with E-state index in [0.717, 1.165) is 17.0 Å². The molecule has 0 radical (unpaired) electrons. The van der Waals surface area contributed by atoms with Gasteiger partial charge in [0.2, 0.25) is 12.2 Å². The predicted octanol–water partition coefficient (Wildman–Crippen LogP) is 0.619. The average molecular weight is 1060 g/mol. The Balaban J connectivity index is 1.12. The summed E-state index contributed by atoms with van der Waals surface area (Å²) in [4.78, 5) is 57.2.